The van der Waals surface area contributed by atoms with Crippen LogP contribution >= 0.6 is 0 Å². The van der Waals surface area contributed by atoms with Gasteiger partial charge in [0.05, 0.1) is 11.8 Å². The fraction of sp³-hybridized carbons (Fsp3) is 0.292. The van der Waals surface area contributed by atoms with Crippen LogP contribution in [0.1, 0.15) is 28.8 Å². The van der Waals surface area contributed by atoms with Gasteiger partial charge in [0, 0.05) is 37.4 Å². The van der Waals surface area contributed by atoms with Gasteiger partial charge in [-0.3, -0.25) is 4.90 Å². The summed E-state index contributed by atoms with van der Waals surface area (Å²) in [4.78, 5) is 3.95. The first kappa shape index (κ1) is 23.0. The zero-order valence-corrected chi connectivity index (χ0v) is 18.6. The van der Waals surface area contributed by atoms with Crippen molar-refractivity contribution in [2.24, 2.45) is 0 Å². The first-order valence-electron chi connectivity index (χ1n) is 11.1. The summed E-state index contributed by atoms with van der Waals surface area (Å²) in [6.07, 6.45) is -2.85. The molecule has 4 aromatic rings. The zero-order chi connectivity index (χ0) is 24.4. The Hall–Kier alpha value is -3.73. The fourth-order valence-corrected chi connectivity index (χ4v) is 4.38. The van der Waals surface area contributed by atoms with Gasteiger partial charge >= 0.3 is 6.18 Å². The molecule has 1 fully saturated rings. The van der Waals surface area contributed by atoms with Crippen molar-refractivity contribution in [2.45, 2.75) is 18.8 Å². The summed E-state index contributed by atoms with van der Waals surface area (Å²) in [6, 6.07) is 14.8. The van der Waals surface area contributed by atoms with E-state index in [1.807, 2.05) is 9.80 Å². The van der Waals surface area contributed by atoms with Crippen molar-refractivity contribution in [3.05, 3.63) is 95.5 Å². The van der Waals surface area contributed by atoms with Gasteiger partial charge in [-0.1, -0.05) is 24.3 Å². The van der Waals surface area contributed by atoms with E-state index in [0.29, 0.717) is 49.0 Å². The zero-order valence-electron chi connectivity index (χ0n) is 18.6. The molecule has 0 amide bonds. The monoisotopic (exact) mass is 486 g/mol. The molecule has 1 saturated heterocycles. The van der Waals surface area contributed by atoms with Gasteiger partial charge in [0.1, 0.15) is 24.2 Å². The van der Waals surface area contributed by atoms with Crippen molar-refractivity contribution in [1.29, 1.82) is 0 Å². The van der Waals surface area contributed by atoms with E-state index in [-0.39, 0.29) is 12.4 Å². The van der Waals surface area contributed by atoms with Crippen LogP contribution in [0, 0.1) is 5.82 Å². The van der Waals surface area contributed by atoms with E-state index in [4.69, 9.17) is 4.42 Å². The molecular formula is C24H22F4N6O. The number of hydrogen-bond acceptors (Lipinski definition) is 6. The molecule has 0 saturated carbocycles. The Balaban J connectivity index is 1.41. The lowest BCUT2D eigenvalue weighted by Gasteiger charge is -2.40. The second-order valence-electron chi connectivity index (χ2n) is 8.27. The Bertz CT molecular complexity index is 1270. The molecule has 11 heteroatoms. The second-order valence-corrected chi connectivity index (χ2v) is 8.27. The van der Waals surface area contributed by atoms with E-state index >= 15 is 0 Å². The quantitative estimate of drug-likeness (QED) is 0.377. The molecule has 35 heavy (non-hydrogen) atoms. The summed E-state index contributed by atoms with van der Waals surface area (Å²) in [5, 5.41) is 12.1. The third-order valence-electron chi connectivity index (χ3n) is 6.11. The van der Waals surface area contributed by atoms with Gasteiger partial charge in [-0.25, -0.2) is 9.07 Å². The van der Waals surface area contributed by atoms with E-state index in [1.54, 1.807) is 47.3 Å². The number of tetrazole rings is 1. The molecular weight excluding hydrogens is 464 g/mol. The minimum absolute atomic E-state index is 0.282. The molecule has 3 heterocycles. The van der Waals surface area contributed by atoms with Crippen LogP contribution in [0.2, 0.25) is 0 Å². The van der Waals surface area contributed by atoms with Crippen LogP contribution in [0.5, 0.6) is 0 Å². The van der Waals surface area contributed by atoms with Crippen molar-refractivity contribution in [3.63, 3.8) is 0 Å². The molecule has 0 aliphatic carbocycles. The number of furan rings is 1. The Morgan fingerprint density at radius 2 is 1.74 bits per heavy atom. The van der Waals surface area contributed by atoms with Gasteiger partial charge < -0.3 is 9.32 Å². The molecule has 0 radical (unpaired) electrons. The van der Waals surface area contributed by atoms with Gasteiger partial charge in [0.2, 0.25) is 0 Å². The van der Waals surface area contributed by atoms with Crippen molar-refractivity contribution < 1.29 is 22.0 Å². The molecule has 182 valence electrons. The normalized spacial score (nSPS) is 15.9. The molecule has 1 aliphatic rings. The molecule has 1 atom stereocenters. The number of benzene rings is 2. The number of aromatic nitrogens is 4. The predicted molar refractivity (Wildman–Crippen MR) is 119 cm³/mol. The van der Waals surface area contributed by atoms with Crippen molar-refractivity contribution >= 4 is 5.69 Å². The smallest absolute Gasteiger partial charge is 0.416 e. The van der Waals surface area contributed by atoms with Crippen LogP contribution in [-0.4, -0.2) is 51.3 Å². The molecule has 0 bridgehead atoms. The maximum absolute atomic E-state index is 15.0. The van der Waals surface area contributed by atoms with Crippen molar-refractivity contribution in [2.75, 3.05) is 31.1 Å². The summed E-state index contributed by atoms with van der Waals surface area (Å²) >= 11 is 0. The van der Waals surface area contributed by atoms with Crippen molar-refractivity contribution in [3.8, 4) is 0 Å². The number of rotatable bonds is 6. The standard InChI is InChI=1S/C24H22F4N6O/c25-21-9-2-1-8-20(21)22(23-29-30-31-34(23)16-19-7-4-14-35-19)33-12-10-32(11-13-33)18-6-3-5-17(15-18)24(26,27)28/h1-9,14-15,22H,10-13,16H2/t22-/m0/s1. The van der Waals surface area contributed by atoms with Gasteiger partial charge in [-0.05, 0) is 46.8 Å². The second kappa shape index (κ2) is 9.49. The molecule has 0 unspecified atom stereocenters. The van der Waals surface area contributed by atoms with Crippen LogP contribution in [0.15, 0.2) is 71.3 Å². The lowest BCUT2D eigenvalue weighted by Crippen LogP contribution is -2.48. The predicted octanol–water partition coefficient (Wildman–Crippen LogP) is 4.38. The number of nitrogens with zero attached hydrogens (tertiary/aromatic N) is 6. The first-order chi connectivity index (χ1) is 16.9. The van der Waals surface area contributed by atoms with Crippen LogP contribution < -0.4 is 4.90 Å². The minimum Gasteiger partial charge on any atom is -0.467 e. The number of alkyl halides is 3. The van der Waals surface area contributed by atoms with Crippen LogP contribution in [0.25, 0.3) is 0 Å². The largest absolute Gasteiger partial charge is 0.467 e. The molecule has 5 rings (SSSR count). The number of piperazine rings is 1. The van der Waals surface area contributed by atoms with E-state index < -0.39 is 17.8 Å². The Labute approximate surface area is 198 Å². The Morgan fingerprint density at radius 1 is 0.943 bits per heavy atom. The Kier molecular flexibility index (Phi) is 6.25. The maximum Gasteiger partial charge on any atom is 0.416 e. The summed E-state index contributed by atoms with van der Waals surface area (Å²) in [5.41, 5.74) is 0.249. The highest BCUT2D eigenvalue weighted by atomic mass is 19.4. The fourth-order valence-electron chi connectivity index (χ4n) is 4.38. The molecule has 0 N–H and O–H groups in total. The van der Waals surface area contributed by atoms with Gasteiger partial charge in [-0.15, -0.1) is 5.10 Å². The van der Waals surface area contributed by atoms with E-state index in [1.165, 1.54) is 12.1 Å². The highest BCUT2D eigenvalue weighted by Gasteiger charge is 2.34. The average Bonchev–Trinajstić information content (AvgIpc) is 3.53. The highest BCUT2D eigenvalue weighted by Crippen LogP contribution is 2.34. The van der Waals surface area contributed by atoms with Crippen LogP contribution in [0.3, 0.4) is 0 Å². The molecule has 2 aromatic heterocycles. The summed E-state index contributed by atoms with van der Waals surface area (Å²) in [7, 11) is 0. The summed E-state index contributed by atoms with van der Waals surface area (Å²) in [6.45, 7) is 2.16. The van der Waals surface area contributed by atoms with Crippen molar-refractivity contribution in [1.82, 2.24) is 25.1 Å². The average molecular weight is 486 g/mol. The molecule has 7 nitrogen and oxygen atoms in total. The lowest BCUT2D eigenvalue weighted by atomic mass is 10.0. The van der Waals surface area contributed by atoms with Gasteiger partial charge in [0.25, 0.3) is 0 Å². The first-order valence-corrected chi connectivity index (χ1v) is 11.1. The maximum atomic E-state index is 15.0. The third-order valence-corrected chi connectivity index (χ3v) is 6.11. The summed E-state index contributed by atoms with van der Waals surface area (Å²) in [5.74, 6) is 0.726. The topological polar surface area (TPSA) is 63.2 Å². The number of anilines is 1. The molecule has 2 aromatic carbocycles. The van der Waals surface area contributed by atoms with E-state index in [0.717, 1.165) is 12.1 Å². The Morgan fingerprint density at radius 3 is 2.46 bits per heavy atom. The highest BCUT2D eigenvalue weighted by molar-refractivity contribution is 5.49. The SMILES string of the molecule is Fc1ccccc1[C@@H](c1nnnn1Cc1ccco1)N1CCN(c2cccc(C(F)(F)F)c2)CC1. The van der Waals surface area contributed by atoms with Gasteiger partial charge in [0.15, 0.2) is 5.82 Å². The van der Waals surface area contributed by atoms with Gasteiger partial charge in [-0.2, -0.15) is 13.2 Å². The molecule has 0 spiro atoms. The lowest BCUT2D eigenvalue weighted by molar-refractivity contribution is -0.137. The van der Waals surface area contributed by atoms with E-state index in [9.17, 15) is 17.6 Å². The minimum atomic E-state index is -4.40. The van der Waals surface area contributed by atoms with E-state index in [2.05, 4.69) is 15.5 Å². The van der Waals surface area contributed by atoms with Crippen LogP contribution in [0.4, 0.5) is 23.2 Å². The van der Waals surface area contributed by atoms with Crippen LogP contribution in [-0.2, 0) is 12.7 Å². The molecule has 1 aliphatic heterocycles. The number of hydrogen-bond donors (Lipinski definition) is 0. The number of halogens is 4. The third kappa shape index (κ3) is 4.90. The summed E-state index contributed by atoms with van der Waals surface area (Å²) < 4.78 is 61.5.